The summed E-state index contributed by atoms with van der Waals surface area (Å²) in [6.07, 6.45) is 2.34. The first-order valence-corrected chi connectivity index (χ1v) is 6.20. The van der Waals surface area contributed by atoms with Gasteiger partial charge in [0.15, 0.2) is 0 Å². The summed E-state index contributed by atoms with van der Waals surface area (Å²) >= 11 is 0. The number of nitrogen functional groups attached to an aromatic ring is 1. The molecule has 100 valence electrons. The summed E-state index contributed by atoms with van der Waals surface area (Å²) in [6.45, 7) is 5.09. The first-order valence-electron chi connectivity index (χ1n) is 6.20. The normalized spacial score (nSPS) is 16.9. The monoisotopic (exact) mass is 252 g/mol. The average Bonchev–Trinajstić information content (AvgIpc) is 3.07. The van der Waals surface area contributed by atoms with Crippen molar-refractivity contribution in [1.29, 1.82) is 0 Å². The van der Waals surface area contributed by atoms with E-state index in [1.54, 1.807) is 0 Å². The van der Waals surface area contributed by atoms with Crippen LogP contribution in [0.5, 0.6) is 0 Å². The van der Waals surface area contributed by atoms with Crippen LogP contribution in [0.15, 0.2) is 9.59 Å². The molecule has 1 aromatic heterocycles. The highest BCUT2D eigenvalue weighted by Gasteiger charge is 2.45. The molecule has 1 aromatic rings. The van der Waals surface area contributed by atoms with Crippen LogP contribution in [-0.2, 0) is 7.05 Å². The molecular weight excluding hydrogens is 232 g/mol. The summed E-state index contributed by atoms with van der Waals surface area (Å²) in [4.78, 5) is 25.3. The smallest absolute Gasteiger partial charge is 0.329 e. The molecule has 0 saturated heterocycles. The highest BCUT2D eigenvalue weighted by molar-refractivity contribution is 5.60. The van der Waals surface area contributed by atoms with E-state index in [2.05, 4.69) is 24.1 Å². The van der Waals surface area contributed by atoms with Gasteiger partial charge in [-0.3, -0.25) is 14.3 Å². The third kappa shape index (κ3) is 2.02. The molecule has 1 aliphatic carbocycles. The number of hydrogen-bond donors (Lipinski definition) is 3. The van der Waals surface area contributed by atoms with Gasteiger partial charge in [0.1, 0.15) is 11.5 Å². The van der Waals surface area contributed by atoms with Crippen molar-refractivity contribution in [2.24, 2.45) is 18.4 Å². The lowest BCUT2D eigenvalue weighted by Gasteiger charge is -2.21. The number of hydrogen-bond acceptors (Lipinski definition) is 4. The van der Waals surface area contributed by atoms with E-state index in [4.69, 9.17) is 5.73 Å². The number of nitrogens with one attached hydrogen (secondary N) is 2. The van der Waals surface area contributed by atoms with E-state index >= 15 is 0 Å². The largest absolute Gasteiger partial charge is 0.383 e. The van der Waals surface area contributed by atoms with E-state index in [0.717, 1.165) is 6.54 Å². The minimum atomic E-state index is -0.493. The third-order valence-corrected chi connectivity index (χ3v) is 4.10. The Labute approximate surface area is 105 Å². The Morgan fingerprint density at radius 3 is 2.56 bits per heavy atom. The Balaban J connectivity index is 2.23. The lowest BCUT2D eigenvalue weighted by molar-refractivity contribution is 0.380. The molecule has 0 atom stereocenters. The van der Waals surface area contributed by atoms with Crippen LogP contribution in [0.3, 0.4) is 0 Å². The molecule has 0 aliphatic heterocycles. The molecule has 0 bridgehead atoms. The fourth-order valence-electron chi connectivity index (χ4n) is 2.19. The second-order valence-electron chi connectivity index (χ2n) is 5.45. The zero-order chi connectivity index (χ0) is 13.5. The molecule has 1 heterocycles. The van der Waals surface area contributed by atoms with Crippen LogP contribution in [0.25, 0.3) is 0 Å². The van der Waals surface area contributed by atoms with E-state index in [-0.39, 0.29) is 11.2 Å². The molecule has 0 amide bonds. The summed E-state index contributed by atoms with van der Waals surface area (Å²) in [6, 6.07) is 0. The maximum Gasteiger partial charge on any atom is 0.329 e. The van der Waals surface area contributed by atoms with Crippen molar-refractivity contribution >= 4 is 11.5 Å². The first kappa shape index (κ1) is 12.7. The Bertz CT molecular complexity index is 566. The average molecular weight is 252 g/mol. The van der Waals surface area contributed by atoms with Gasteiger partial charge in [0.2, 0.25) is 0 Å². The fourth-order valence-corrected chi connectivity index (χ4v) is 2.19. The van der Waals surface area contributed by atoms with Crippen molar-refractivity contribution < 1.29 is 0 Å². The van der Waals surface area contributed by atoms with Crippen LogP contribution in [0.1, 0.15) is 26.7 Å². The zero-order valence-electron chi connectivity index (χ0n) is 11.0. The van der Waals surface area contributed by atoms with Crippen molar-refractivity contribution in [2.75, 3.05) is 17.6 Å². The number of anilines is 2. The summed E-state index contributed by atoms with van der Waals surface area (Å²) in [5.74, 6) is 0.751. The minimum Gasteiger partial charge on any atom is -0.383 e. The van der Waals surface area contributed by atoms with Crippen LogP contribution in [0.2, 0.25) is 0 Å². The number of nitrogens with zero attached hydrogens (tertiary/aromatic N) is 1. The Kier molecular flexibility index (Phi) is 2.96. The molecule has 4 N–H and O–H groups in total. The number of aromatic amines is 1. The number of H-pyrrole nitrogens is 1. The summed E-state index contributed by atoms with van der Waals surface area (Å²) < 4.78 is 1.23. The minimum absolute atomic E-state index is 0.184. The van der Waals surface area contributed by atoms with Gasteiger partial charge in [-0.25, -0.2) is 4.79 Å². The molecule has 0 aromatic carbocycles. The molecule has 6 nitrogen and oxygen atoms in total. The number of rotatable bonds is 4. The van der Waals surface area contributed by atoms with E-state index in [0.29, 0.717) is 11.6 Å². The van der Waals surface area contributed by atoms with E-state index < -0.39 is 11.2 Å². The van der Waals surface area contributed by atoms with E-state index in [9.17, 15) is 9.59 Å². The highest BCUT2D eigenvalue weighted by atomic mass is 16.2. The Morgan fingerprint density at radius 1 is 1.44 bits per heavy atom. The quantitative estimate of drug-likeness (QED) is 0.727. The molecule has 6 heteroatoms. The third-order valence-electron chi connectivity index (χ3n) is 4.10. The Morgan fingerprint density at radius 2 is 2.06 bits per heavy atom. The second-order valence-corrected chi connectivity index (χ2v) is 5.45. The van der Waals surface area contributed by atoms with Gasteiger partial charge in [-0.05, 0) is 24.2 Å². The molecule has 1 saturated carbocycles. The number of nitrogens with two attached hydrogens (primary N) is 1. The van der Waals surface area contributed by atoms with Crippen molar-refractivity contribution in [2.45, 2.75) is 26.7 Å². The van der Waals surface area contributed by atoms with Gasteiger partial charge in [0.05, 0.1) is 0 Å². The van der Waals surface area contributed by atoms with Crippen LogP contribution in [0, 0.1) is 11.3 Å². The molecule has 1 fully saturated rings. The predicted octanol–water partition coefficient (Wildman–Crippen LogP) is 0.504. The van der Waals surface area contributed by atoms with Gasteiger partial charge in [0.25, 0.3) is 5.56 Å². The topological polar surface area (TPSA) is 92.9 Å². The standard InChI is InChI=1S/C12H20N4O2/c1-7(2)12(4-5-12)6-14-8-9(13)16(3)11(18)15-10(8)17/h7,14H,4-6,13H2,1-3H3,(H,15,17,18). The van der Waals surface area contributed by atoms with Gasteiger partial charge < -0.3 is 11.1 Å². The Hall–Kier alpha value is -1.72. The second kappa shape index (κ2) is 4.19. The van der Waals surface area contributed by atoms with Crippen molar-refractivity contribution in [3.8, 4) is 0 Å². The van der Waals surface area contributed by atoms with E-state index in [1.165, 1.54) is 24.5 Å². The number of aromatic nitrogens is 2. The SMILES string of the molecule is CC(C)C1(CNc2c(N)n(C)c(=O)[nH]c2=O)CC1. The van der Waals surface area contributed by atoms with Crippen LogP contribution >= 0.6 is 0 Å². The molecular formula is C12H20N4O2. The van der Waals surface area contributed by atoms with Crippen molar-refractivity contribution in [3.63, 3.8) is 0 Å². The van der Waals surface area contributed by atoms with Gasteiger partial charge in [-0.15, -0.1) is 0 Å². The van der Waals surface area contributed by atoms with Crippen molar-refractivity contribution in [3.05, 3.63) is 20.8 Å². The van der Waals surface area contributed by atoms with Crippen LogP contribution in [0.4, 0.5) is 11.5 Å². The summed E-state index contributed by atoms with van der Waals surface area (Å²) in [7, 11) is 1.54. The summed E-state index contributed by atoms with van der Waals surface area (Å²) in [5, 5.41) is 3.10. The van der Waals surface area contributed by atoms with Gasteiger partial charge in [-0.1, -0.05) is 13.8 Å². The van der Waals surface area contributed by atoms with Gasteiger partial charge in [-0.2, -0.15) is 0 Å². The zero-order valence-corrected chi connectivity index (χ0v) is 11.0. The predicted molar refractivity (Wildman–Crippen MR) is 71.7 cm³/mol. The van der Waals surface area contributed by atoms with E-state index in [1.807, 2.05) is 0 Å². The lowest BCUT2D eigenvalue weighted by Crippen LogP contribution is -2.34. The van der Waals surface area contributed by atoms with Gasteiger partial charge >= 0.3 is 5.69 Å². The van der Waals surface area contributed by atoms with Gasteiger partial charge in [0, 0.05) is 13.6 Å². The molecule has 0 radical (unpaired) electrons. The molecule has 2 rings (SSSR count). The maximum atomic E-state index is 11.7. The molecule has 18 heavy (non-hydrogen) atoms. The fraction of sp³-hybridized carbons (Fsp3) is 0.667. The summed E-state index contributed by atoms with van der Waals surface area (Å²) in [5.41, 5.74) is 5.42. The molecule has 1 aliphatic rings. The van der Waals surface area contributed by atoms with Crippen LogP contribution in [-0.4, -0.2) is 16.1 Å². The highest BCUT2D eigenvalue weighted by Crippen LogP contribution is 2.51. The van der Waals surface area contributed by atoms with Crippen LogP contribution < -0.4 is 22.3 Å². The maximum absolute atomic E-state index is 11.7. The van der Waals surface area contributed by atoms with Crippen molar-refractivity contribution in [1.82, 2.24) is 9.55 Å². The molecule has 0 spiro atoms. The lowest BCUT2D eigenvalue weighted by atomic mass is 9.92. The molecule has 0 unspecified atom stereocenters. The first-order chi connectivity index (χ1) is 8.37.